The van der Waals surface area contributed by atoms with Gasteiger partial charge in [-0.05, 0) is 55.8 Å². The van der Waals surface area contributed by atoms with Crippen molar-refractivity contribution in [3.05, 3.63) is 97.3 Å². The molecular formula is C26H23N5O3S. The highest BCUT2D eigenvalue weighted by Crippen LogP contribution is 2.26. The summed E-state index contributed by atoms with van der Waals surface area (Å²) < 4.78 is 9.17. The Kier molecular flexibility index (Phi) is 6.24. The number of hydrogen-bond donors (Lipinski definition) is 0. The van der Waals surface area contributed by atoms with E-state index in [1.807, 2.05) is 60.8 Å². The maximum atomic E-state index is 13.0. The van der Waals surface area contributed by atoms with Gasteiger partial charge in [0.2, 0.25) is 4.96 Å². The van der Waals surface area contributed by atoms with E-state index in [0.717, 1.165) is 52.4 Å². The zero-order valence-electron chi connectivity index (χ0n) is 19.3. The highest BCUT2D eigenvalue weighted by atomic mass is 32.1. The largest absolute Gasteiger partial charge is 0.494 e. The van der Waals surface area contributed by atoms with Crippen molar-refractivity contribution >= 4 is 22.4 Å². The molecule has 9 heteroatoms. The van der Waals surface area contributed by atoms with Crippen molar-refractivity contribution in [2.75, 3.05) is 6.61 Å². The molecule has 0 aliphatic rings. The van der Waals surface area contributed by atoms with Crippen molar-refractivity contribution in [3.63, 3.8) is 0 Å². The molecule has 0 unspecified atom stereocenters. The van der Waals surface area contributed by atoms with Crippen LogP contribution in [0.3, 0.4) is 0 Å². The van der Waals surface area contributed by atoms with E-state index in [1.54, 1.807) is 17.7 Å². The average molecular weight is 486 g/mol. The SMILES string of the molecule is CCCCOc1ccc(-c2nn(-c3ccccc3)cc2/C=c2\sc3nc(=O)c(C)nn3c2=O)cc1. The summed E-state index contributed by atoms with van der Waals surface area (Å²) in [6.07, 6.45) is 5.74. The summed E-state index contributed by atoms with van der Waals surface area (Å²) in [5.41, 5.74) is 2.70. The van der Waals surface area contributed by atoms with Crippen molar-refractivity contribution in [1.82, 2.24) is 24.4 Å². The van der Waals surface area contributed by atoms with Crippen LogP contribution in [0.1, 0.15) is 31.0 Å². The Labute approximate surface area is 204 Å². The van der Waals surface area contributed by atoms with Crippen molar-refractivity contribution in [1.29, 1.82) is 0 Å². The molecule has 0 radical (unpaired) electrons. The number of nitrogens with zero attached hydrogens (tertiary/aromatic N) is 5. The lowest BCUT2D eigenvalue weighted by Crippen LogP contribution is -2.27. The number of aromatic nitrogens is 5. The summed E-state index contributed by atoms with van der Waals surface area (Å²) >= 11 is 1.13. The number of benzene rings is 2. The summed E-state index contributed by atoms with van der Waals surface area (Å²) in [5, 5.41) is 8.92. The topological polar surface area (TPSA) is 91.4 Å². The predicted octanol–water partition coefficient (Wildman–Crippen LogP) is 3.40. The third kappa shape index (κ3) is 4.63. The molecule has 0 bridgehead atoms. The van der Waals surface area contributed by atoms with Crippen LogP contribution in [-0.4, -0.2) is 31.0 Å². The minimum atomic E-state index is -0.434. The van der Waals surface area contributed by atoms with Gasteiger partial charge in [-0.25, -0.2) is 4.68 Å². The monoisotopic (exact) mass is 485 g/mol. The number of para-hydroxylation sites is 1. The number of unbranched alkanes of at least 4 members (excludes halogenated alkanes) is 1. The lowest BCUT2D eigenvalue weighted by Gasteiger charge is -2.06. The van der Waals surface area contributed by atoms with Crippen LogP contribution in [0.2, 0.25) is 0 Å². The van der Waals surface area contributed by atoms with Crippen molar-refractivity contribution in [2.24, 2.45) is 0 Å². The molecule has 0 aliphatic heterocycles. The quantitative estimate of drug-likeness (QED) is 0.328. The predicted molar refractivity (Wildman–Crippen MR) is 136 cm³/mol. The van der Waals surface area contributed by atoms with Crippen LogP contribution in [0, 0.1) is 6.92 Å². The van der Waals surface area contributed by atoms with Gasteiger partial charge >= 0.3 is 0 Å². The Hall–Kier alpha value is -4.11. The Bertz CT molecular complexity index is 1650. The minimum Gasteiger partial charge on any atom is -0.494 e. The van der Waals surface area contributed by atoms with Crippen LogP contribution in [-0.2, 0) is 0 Å². The van der Waals surface area contributed by atoms with Crippen LogP contribution in [0.25, 0.3) is 28.0 Å². The van der Waals surface area contributed by atoms with Gasteiger partial charge in [0, 0.05) is 17.3 Å². The molecule has 0 saturated carbocycles. The van der Waals surface area contributed by atoms with Crippen LogP contribution < -0.4 is 20.4 Å². The normalized spacial score (nSPS) is 11.9. The molecule has 3 aromatic heterocycles. The summed E-state index contributed by atoms with van der Waals surface area (Å²) in [6, 6.07) is 17.5. The van der Waals surface area contributed by atoms with Gasteiger partial charge in [-0.1, -0.05) is 42.9 Å². The third-order valence-corrected chi connectivity index (χ3v) is 6.45. The van der Waals surface area contributed by atoms with E-state index < -0.39 is 5.56 Å². The second-order valence-electron chi connectivity index (χ2n) is 8.05. The molecule has 5 rings (SSSR count). The second-order valence-corrected chi connectivity index (χ2v) is 9.06. The Balaban J connectivity index is 1.62. The van der Waals surface area contributed by atoms with E-state index >= 15 is 0 Å². The molecule has 0 atom stereocenters. The molecule has 0 N–H and O–H groups in total. The molecule has 8 nitrogen and oxygen atoms in total. The molecule has 0 fully saturated rings. The highest BCUT2D eigenvalue weighted by Gasteiger charge is 2.14. The molecular weight excluding hydrogens is 462 g/mol. The maximum Gasteiger partial charge on any atom is 0.295 e. The minimum absolute atomic E-state index is 0.183. The van der Waals surface area contributed by atoms with Crippen molar-refractivity contribution in [2.45, 2.75) is 26.7 Å². The summed E-state index contributed by atoms with van der Waals surface area (Å²) in [6.45, 7) is 4.35. The summed E-state index contributed by atoms with van der Waals surface area (Å²) in [7, 11) is 0. The Morgan fingerprint density at radius 3 is 2.54 bits per heavy atom. The third-order valence-electron chi connectivity index (χ3n) is 5.49. The Morgan fingerprint density at radius 2 is 1.80 bits per heavy atom. The molecule has 0 spiro atoms. The van der Waals surface area contributed by atoms with Gasteiger partial charge in [0.25, 0.3) is 11.1 Å². The number of hydrogen-bond acceptors (Lipinski definition) is 7. The van der Waals surface area contributed by atoms with E-state index in [2.05, 4.69) is 17.0 Å². The van der Waals surface area contributed by atoms with Crippen molar-refractivity contribution in [3.8, 4) is 22.7 Å². The second kappa shape index (κ2) is 9.63. The number of thiazole rings is 1. The number of aryl methyl sites for hydroxylation is 1. The van der Waals surface area contributed by atoms with Gasteiger partial charge in [-0.2, -0.15) is 19.7 Å². The zero-order valence-corrected chi connectivity index (χ0v) is 20.2. The first-order valence-electron chi connectivity index (χ1n) is 11.3. The first-order chi connectivity index (χ1) is 17.0. The highest BCUT2D eigenvalue weighted by molar-refractivity contribution is 7.15. The molecule has 176 valence electrons. The summed E-state index contributed by atoms with van der Waals surface area (Å²) in [5.74, 6) is 0.805. The van der Waals surface area contributed by atoms with E-state index in [9.17, 15) is 9.59 Å². The number of fused-ring (bicyclic) bond motifs is 1. The van der Waals surface area contributed by atoms with E-state index in [0.29, 0.717) is 11.1 Å². The van der Waals surface area contributed by atoms with Crippen LogP contribution in [0.5, 0.6) is 5.75 Å². The van der Waals surface area contributed by atoms with Gasteiger partial charge in [0.1, 0.15) is 17.1 Å². The molecule has 5 aromatic rings. The van der Waals surface area contributed by atoms with E-state index in [1.165, 1.54) is 4.52 Å². The fourth-order valence-corrected chi connectivity index (χ4v) is 4.50. The van der Waals surface area contributed by atoms with Crippen molar-refractivity contribution < 1.29 is 4.74 Å². The lowest BCUT2D eigenvalue weighted by atomic mass is 10.1. The first-order valence-corrected chi connectivity index (χ1v) is 12.2. The first kappa shape index (κ1) is 22.7. The zero-order chi connectivity index (χ0) is 24.4. The molecule has 0 amide bonds. The lowest BCUT2D eigenvalue weighted by molar-refractivity contribution is 0.309. The van der Waals surface area contributed by atoms with Gasteiger partial charge < -0.3 is 4.74 Å². The maximum absolute atomic E-state index is 13.0. The van der Waals surface area contributed by atoms with Gasteiger partial charge in [0.15, 0.2) is 0 Å². The molecule has 0 aliphatic carbocycles. The number of ether oxygens (including phenoxy) is 1. The van der Waals surface area contributed by atoms with Crippen LogP contribution >= 0.6 is 11.3 Å². The van der Waals surface area contributed by atoms with Crippen LogP contribution in [0.15, 0.2) is 70.4 Å². The Morgan fingerprint density at radius 1 is 1.03 bits per heavy atom. The van der Waals surface area contributed by atoms with Crippen LogP contribution in [0.4, 0.5) is 0 Å². The van der Waals surface area contributed by atoms with Gasteiger partial charge in [-0.15, -0.1) is 0 Å². The average Bonchev–Trinajstić information content (AvgIpc) is 3.42. The standard InChI is InChI=1S/C26H23N5O3S/c1-3-4-14-34-21-12-10-18(11-13-21)23-19(16-30(29-23)20-8-6-5-7-9-20)15-22-25(33)31-26(35-22)27-24(32)17(2)28-31/h5-13,15-16H,3-4,14H2,1-2H3/b22-15-. The number of rotatable bonds is 7. The molecule has 3 heterocycles. The molecule has 0 saturated heterocycles. The fourth-order valence-electron chi connectivity index (χ4n) is 3.60. The van der Waals surface area contributed by atoms with E-state index in [-0.39, 0.29) is 16.2 Å². The fraction of sp³-hybridized carbons (Fsp3) is 0.192. The molecule has 2 aromatic carbocycles. The molecule has 35 heavy (non-hydrogen) atoms. The smallest absolute Gasteiger partial charge is 0.295 e. The van der Waals surface area contributed by atoms with Gasteiger partial charge in [-0.3, -0.25) is 9.59 Å². The summed E-state index contributed by atoms with van der Waals surface area (Å²) in [4.78, 5) is 29.1. The van der Waals surface area contributed by atoms with Gasteiger partial charge in [0.05, 0.1) is 16.8 Å². The van der Waals surface area contributed by atoms with E-state index in [4.69, 9.17) is 9.84 Å².